The van der Waals surface area contributed by atoms with Crippen LogP contribution in [0, 0.1) is 11.8 Å². The zero-order chi connectivity index (χ0) is 17.8. The molecule has 6 nitrogen and oxygen atoms in total. The fourth-order valence-electron chi connectivity index (χ4n) is 2.65. The van der Waals surface area contributed by atoms with Gasteiger partial charge in [-0.1, -0.05) is 12.1 Å². The number of hydrogen-bond acceptors (Lipinski definition) is 4. The lowest BCUT2D eigenvalue weighted by Crippen LogP contribution is -2.20. The molecular formula is C19H20N2O4. The number of anilines is 2. The number of benzene rings is 2. The van der Waals surface area contributed by atoms with Gasteiger partial charge in [-0.25, -0.2) is 0 Å². The summed E-state index contributed by atoms with van der Waals surface area (Å²) in [7, 11) is 3.14. The Morgan fingerprint density at radius 3 is 1.68 bits per heavy atom. The van der Waals surface area contributed by atoms with E-state index in [0.29, 0.717) is 29.3 Å². The van der Waals surface area contributed by atoms with Gasteiger partial charge >= 0.3 is 0 Å². The van der Waals surface area contributed by atoms with E-state index in [1.807, 2.05) is 0 Å². The van der Waals surface area contributed by atoms with E-state index < -0.39 is 0 Å². The van der Waals surface area contributed by atoms with Crippen LogP contribution in [0.1, 0.15) is 6.42 Å². The summed E-state index contributed by atoms with van der Waals surface area (Å²) >= 11 is 0. The summed E-state index contributed by atoms with van der Waals surface area (Å²) < 4.78 is 10.3. The number of amides is 2. The average molecular weight is 340 g/mol. The van der Waals surface area contributed by atoms with Gasteiger partial charge in [-0.3, -0.25) is 9.59 Å². The average Bonchev–Trinajstić information content (AvgIpc) is 3.43. The number of carbonyl (C=O) groups is 2. The van der Waals surface area contributed by atoms with Crippen molar-refractivity contribution in [1.29, 1.82) is 0 Å². The summed E-state index contributed by atoms with van der Waals surface area (Å²) in [6, 6.07) is 14.3. The normalized spacial score (nSPS) is 18.2. The van der Waals surface area contributed by atoms with Gasteiger partial charge in [-0.2, -0.15) is 0 Å². The summed E-state index contributed by atoms with van der Waals surface area (Å²) in [6.45, 7) is 0. The van der Waals surface area contributed by atoms with Crippen LogP contribution in [0.4, 0.5) is 11.4 Å². The molecule has 2 aromatic rings. The molecule has 2 unspecified atom stereocenters. The molecule has 1 fully saturated rings. The highest BCUT2D eigenvalue weighted by Crippen LogP contribution is 2.40. The van der Waals surface area contributed by atoms with Crippen molar-refractivity contribution in [2.24, 2.45) is 11.8 Å². The summed E-state index contributed by atoms with van der Waals surface area (Å²) in [6.07, 6.45) is 0.547. The van der Waals surface area contributed by atoms with Crippen LogP contribution in [0.3, 0.4) is 0 Å². The van der Waals surface area contributed by atoms with Gasteiger partial charge in [0, 0.05) is 23.5 Å². The highest BCUT2D eigenvalue weighted by molar-refractivity contribution is 6.03. The minimum Gasteiger partial charge on any atom is -0.497 e. The third kappa shape index (κ3) is 4.09. The van der Waals surface area contributed by atoms with Crippen molar-refractivity contribution in [2.75, 3.05) is 24.9 Å². The molecule has 0 aromatic heterocycles. The molecule has 2 N–H and O–H groups in total. The predicted octanol–water partition coefficient (Wildman–Crippen LogP) is 2.92. The van der Waals surface area contributed by atoms with Crippen molar-refractivity contribution in [3.63, 3.8) is 0 Å². The number of rotatable bonds is 6. The second-order valence-electron chi connectivity index (χ2n) is 5.89. The Morgan fingerprint density at radius 2 is 1.28 bits per heavy atom. The van der Waals surface area contributed by atoms with Crippen LogP contribution in [0.5, 0.6) is 11.5 Å². The molecule has 0 spiro atoms. The third-order valence-electron chi connectivity index (χ3n) is 4.14. The predicted molar refractivity (Wildman–Crippen MR) is 94.8 cm³/mol. The third-order valence-corrected chi connectivity index (χ3v) is 4.14. The fraction of sp³-hybridized carbons (Fsp3) is 0.263. The van der Waals surface area contributed by atoms with Gasteiger partial charge in [-0.15, -0.1) is 0 Å². The lowest BCUT2D eigenvalue weighted by Gasteiger charge is -2.08. The minimum atomic E-state index is -0.309. The van der Waals surface area contributed by atoms with Crippen molar-refractivity contribution in [3.05, 3.63) is 48.5 Å². The smallest absolute Gasteiger partial charge is 0.228 e. The highest BCUT2D eigenvalue weighted by Gasteiger charge is 2.48. The molecule has 2 atom stereocenters. The monoisotopic (exact) mass is 340 g/mol. The van der Waals surface area contributed by atoms with E-state index in [0.717, 1.165) is 0 Å². The molecule has 0 aliphatic heterocycles. The summed E-state index contributed by atoms with van der Waals surface area (Å²) in [5, 5.41) is 5.65. The first kappa shape index (κ1) is 16.8. The minimum absolute atomic E-state index is 0.154. The number of ether oxygens (including phenoxy) is 2. The van der Waals surface area contributed by atoms with Crippen molar-refractivity contribution < 1.29 is 19.1 Å². The van der Waals surface area contributed by atoms with E-state index >= 15 is 0 Å². The second kappa shape index (κ2) is 7.25. The fourth-order valence-corrected chi connectivity index (χ4v) is 2.65. The van der Waals surface area contributed by atoms with E-state index in [-0.39, 0.29) is 23.7 Å². The van der Waals surface area contributed by atoms with Gasteiger partial charge < -0.3 is 20.1 Å². The summed E-state index contributed by atoms with van der Waals surface area (Å²) in [4.78, 5) is 24.6. The number of hydrogen-bond donors (Lipinski definition) is 2. The zero-order valence-corrected chi connectivity index (χ0v) is 14.1. The topological polar surface area (TPSA) is 76.7 Å². The van der Waals surface area contributed by atoms with E-state index in [4.69, 9.17) is 9.47 Å². The SMILES string of the molecule is COc1cccc(NC(=O)C2CC2C(=O)Nc2cccc(OC)c2)c1. The van der Waals surface area contributed by atoms with Crippen molar-refractivity contribution in [1.82, 2.24) is 0 Å². The number of methoxy groups -OCH3 is 2. The van der Waals surface area contributed by atoms with Crippen LogP contribution < -0.4 is 20.1 Å². The first-order chi connectivity index (χ1) is 12.1. The van der Waals surface area contributed by atoms with E-state index in [9.17, 15) is 9.59 Å². The lowest BCUT2D eigenvalue weighted by molar-refractivity contribution is -0.122. The van der Waals surface area contributed by atoms with Crippen LogP contribution in [0.15, 0.2) is 48.5 Å². The molecule has 1 saturated carbocycles. The first-order valence-electron chi connectivity index (χ1n) is 8.00. The van der Waals surface area contributed by atoms with Gasteiger partial charge in [-0.05, 0) is 30.7 Å². The Morgan fingerprint density at radius 1 is 0.840 bits per heavy atom. The number of carbonyl (C=O) groups excluding carboxylic acids is 2. The van der Waals surface area contributed by atoms with Crippen LogP contribution >= 0.6 is 0 Å². The van der Waals surface area contributed by atoms with Crippen LogP contribution in [-0.2, 0) is 9.59 Å². The molecule has 130 valence electrons. The zero-order valence-electron chi connectivity index (χ0n) is 14.1. The Bertz CT molecular complexity index is 725. The molecule has 0 bridgehead atoms. The molecule has 2 amide bonds. The van der Waals surface area contributed by atoms with Gasteiger partial charge in [0.05, 0.1) is 26.1 Å². The Balaban J connectivity index is 1.55. The van der Waals surface area contributed by atoms with Crippen LogP contribution in [-0.4, -0.2) is 26.0 Å². The number of nitrogens with one attached hydrogen (secondary N) is 2. The van der Waals surface area contributed by atoms with Gasteiger partial charge in [0.15, 0.2) is 0 Å². The van der Waals surface area contributed by atoms with E-state index in [2.05, 4.69) is 10.6 Å². The first-order valence-corrected chi connectivity index (χ1v) is 8.00. The molecule has 0 saturated heterocycles. The Kier molecular flexibility index (Phi) is 4.88. The van der Waals surface area contributed by atoms with Crippen LogP contribution in [0.25, 0.3) is 0 Å². The Hall–Kier alpha value is -3.02. The lowest BCUT2D eigenvalue weighted by atomic mass is 10.2. The standard InChI is InChI=1S/C19H20N2O4/c1-24-14-7-3-5-12(9-14)20-18(22)16-11-17(16)19(23)21-13-6-4-8-15(10-13)25-2/h3-10,16-17H,11H2,1-2H3,(H,20,22)(H,21,23). The quantitative estimate of drug-likeness (QED) is 0.848. The maximum atomic E-state index is 12.3. The van der Waals surface area contributed by atoms with Crippen LogP contribution in [0.2, 0.25) is 0 Å². The van der Waals surface area contributed by atoms with Gasteiger partial charge in [0.25, 0.3) is 0 Å². The molecule has 1 aliphatic rings. The summed E-state index contributed by atoms with van der Waals surface area (Å²) in [5.41, 5.74) is 1.31. The van der Waals surface area contributed by atoms with Gasteiger partial charge in [0.1, 0.15) is 11.5 Å². The summed E-state index contributed by atoms with van der Waals surface area (Å²) in [5.74, 6) is 0.411. The molecular weight excluding hydrogens is 320 g/mol. The maximum absolute atomic E-state index is 12.3. The molecule has 2 aromatic carbocycles. The highest BCUT2D eigenvalue weighted by atomic mass is 16.5. The molecule has 25 heavy (non-hydrogen) atoms. The van der Waals surface area contributed by atoms with Gasteiger partial charge in [0.2, 0.25) is 11.8 Å². The molecule has 3 rings (SSSR count). The largest absolute Gasteiger partial charge is 0.497 e. The molecule has 0 radical (unpaired) electrons. The molecule has 6 heteroatoms. The van der Waals surface area contributed by atoms with Crippen molar-refractivity contribution in [3.8, 4) is 11.5 Å². The van der Waals surface area contributed by atoms with Crippen molar-refractivity contribution >= 4 is 23.2 Å². The van der Waals surface area contributed by atoms with Crippen molar-refractivity contribution in [2.45, 2.75) is 6.42 Å². The molecule has 0 heterocycles. The Labute approximate surface area is 146 Å². The van der Waals surface area contributed by atoms with E-state index in [1.165, 1.54) is 0 Å². The molecule has 1 aliphatic carbocycles. The second-order valence-corrected chi connectivity index (χ2v) is 5.89. The van der Waals surface area contributed by atoms with E-state index in [1.54, 1.807) is 62.8 Å². The maximum Gasteiger partial charge on any atom is 0.228 e.